The van der Waals surface area contributed by atoms with E-state index in [1.807, 2.05) is 31.3 Å². The van der Waals surface area contributed by atoms with E-state index in [0.717, 1.165) is 0 Å². The van der Waals surface area contributed by atoms with E-state index < -0.39 is 8.32 Å². The fraction of sp³-hybridized carbons (Fsp3) is 0.476. The molecule has 2 atom stereocenters. The first-order chi connectivity index (χ1) is 11.5. The zero-order valence-corrected chi connectivity index (χ0v) is 17.6. The third-order valence-electron chi connectivity index (χ3n) is 5.16. The zero-order valence-electron chi connectivity index (χ0n) is 16.6. The fourth-order valence-corrected chi connectivity index (χ4v) is 3.72. The van der Waals surface area contributed by atoms with Crippen LogP contribution in [0.5, 0.6) is 0 Å². The summed E-state index contributed by atoms with van der Waals surface area (Å²) in [7, 11) is -0.186. The van der Waals surface area contributed by atoms with Gasteiger partial charge in [0, 0.05) is 7.05 Å². The molecule has 0 spiro atoms. The van der Waals surface area contributed by atoms with Crippen LogP contribution in [0.15, 0.2) is 55.6 Å². The van der Waals surface area contributed by atoms with Crippen molar-refractivity contribution in [3.63, 3.8) is 0 Å². The number of amides is 1. The van der Waals surface area contributed by atoms with Gasteiger partial charge < -0.3 is 9.33 Å². The molecule has 0 bridgehead atoms. The molecule has 0 aromatic heterocycles. The Balaban J connectivity index is 3.16. The van der Waals surface area contributed by atoms with E-state index in [0.29, 0.717) is 6.42 Å². The van der Waals surface area contributed by atoms with E-state index in [4.69, 9.17) is 4.43 Å². The summed E-state index contributed by atoms with van der Waals surface area (Å²) in [6, 6.07) is 10.0. The summed E-state index contributed by atoms with van der Waals surface area (Å²) in [5.74, 6) is -0.105. The lowest BCUT2D eigenvalue weighted by atomic mass is 10.00. The summed E-state index contributed by atoms with van der Waals surface area (Å²) in [5, 5.41) is 0.0899. The van der Waals surface area contributed by atoms with E-state index in [-0.39, 0.29) is 23.1 Å². The molecule has 25 heavy (non-hydrogen) atoms. The van der Waals surface area contributed by atoms with Gasteiger partial charge in [0.1, 0.15) is 0 Å². The first-order valence-electron chi connectivity index (χ1n) is 8.77. The molecule has 0 aliphatic heterocycles. The van der Waals surface area contributed by atoms with Gasteiger partial charge >= 0.3 is 0 Å². The van der Waals surface area contributed by atoms with Gasteiger partial charge in [-0.15, -0.1) is 6.58 Å². The molecule has 1 aromatic carbocycles. The van der Waals surface area contributed by atoms with Gasteiger partial charge in [-0.25, -0.2) is 0 Å². The van der Waals surface area contributed by atoms with Crippen LogP contribution in [0.3, 0.4) is 0 Å². The molecule has 1 aromatic rings. The Morgan fingerprint density at radius 2 is 1.80 bits per heavy atom. The lowest BCUT2D eigenvalue weighted by molar-refractivity contribution is -0.128. The van der Waals surface area contributed by atoms with Crippen molar-refractivity contribution < 1.29 is 9.22 Å². The number of likely N-dealkylation sites (N-methyl/N-ethyl adjacent to an activating group) is 1. The summed E-state index contributed by atoms with van der Waals surface area (Å²) < 4.78 is 6.59. The van der Waals surface area contributed by atoms with Gasteiger partial charge in [0.25, 0.3) is 0 Å². The lowest BCUT2D eigenvalue weighted by Crippen LogP contribution is -2.52. The highest BCUT2D eigenvalue weighted by atomic mass is 28.4. The quantitative estimate of drug-likeness (QED) is 0.378. The van der Waals surface area contributed by atoms with Crippen molar-refractivity contribution in [2.24, 2.45) is 0 Å². The second kappa shape index (κ2) is 8.63. The number of nitrogens with zero attached hydrogens (tertiary/aromatic N) is 1. The number of rotatable bonds is 8. The number of carbonyl (C=O) groups excluding carboxylic acids is 1. The van der Waals surface area contributed by atoms with Gasteiger partial charge in [0.15, 0.2) is 8.32 Å². The van der Waals surface area contributed by atoms with E-state index in [1.165, 1.54) is 11.6 Å². The van der Waals surface area contributed by atoms with Crippen molar-refractivity contribution in [1.82, 2.24) is 4.90 Å². The third-order valence-corrected chi connectivity index (χ3v) is 9.63. The topological polar surface area (TPSA) is 29.5 Å². The number of hydrogen-bond donors (Lipinski definition) is 0. The van der Waals surface area contributed by atoms with Gasteiger partial charge in [0.05, 0.1) is 12.1 Å². The van der Waals surface area contributed by atoms with Crippen LogP contribution in [-0.4, -0.2) is 38.3 Å². The molecule has 1 rings (SSSR count). The van der Waals surface area contributed by atoms with Crippen LogP contribution in [0.25, 0.3) is 0 Å². The third kappa shape index (κ3) is 5.68. The van der Waals surface area contributed by atoms with Crippen LogP contribution < -0.4 is 0 Å². The van der Waals surface area contributed by atoms with Gasteiger partial charge in [0.2, 0.25) is 5.91 Å². The smallest absolute Gasteiger partial charge is 0.246 e. The molecule has 0 radical (unpaired) electrons. The Morgan fingerprint density at radius 1 is 1.24 bits per heavy atom. The van der Waals surface area contributed by atoms with Gasteiger partial charge in [-0.05, 0) is 36.2 Å². The highest BCUT2D eigenvalue weighted by molar-refractivity contribution is 6.74. The van der Waals surface area contributed by atoms with Crippen molar-refractivity contribution >= 4 is 14.2 Å². The number of benzene rings is 1. The SMILES string of the molecule is C=CC(=O)N(C)[C@@H](Cc1ccccc1)[C@@H](C=C)O[Si](C)(C)C(C)(C)C. The average Bonchev–Trinajstić information content (AvgIpc) is 2.56. The molecule has 0 saturated heterocycles. The molecule has 0 unspecified atom stereocenters. The molecular weight excluding hydrogens is 326 g/mol. The Hall–Kier alpha value is -1.65. The number of hydrogen-bond acceptors (Lipinski definition) is 2. The molecule has 0 saturated carbocycles. The summed E-state index contributed by atoms with van der Waals surface area (Å²) in [6.45, 7) is 18.7. The molecule has 0 N–H and O–H groups in total. The Kier molecular flexibility index (Phi) is 7.39. The Bertz CT molecular complexity index is 590. The molecule has 3 nitrogen and oxygen atoms in total. The highest BCUT2D eigenvalue weighted by Gasteiger charge is 2.41. The fourth-order valence-electron chi connectivity index (χ4n) is 2.44. The summed E-state index contributed by atoms with van der Waals surface area (Å²) in [4.78, 5) is 14.0. The van der Waals surface area contributed by atoms with Crippen LogP contribution in [0.1, 0.15) is 26.3 Å². The summed E-state index contributed by atoms with van der Waals surface area (Å²) in [5.41, 5.74) is 1.17. The predicted octanol–water partition coefficient (Wildman–Crippen LogP) is 4.82. The maximum Gasteiger partial charge on any atom is 0.246 e. The molecule has 1 amide bonds. The van der Waals surface area contributed by atoms with E-state index in [9.17, 15) is 4.79 Å². The second-order valence-electron chi connectivity index (χ2n) is 7.99. The molecule has 0 aliphatic rings. The molecule has 0 aliphatic carbocycles. The normalized spacial score (nSPS) is 14.5. The van der Waals surface area contributed by atoms with Crippen LogP contribution in [0.4, 0.5) is 0 Å². The minimum Gasteiger partial charge on any atom is -0.408 e. The minimum atomic E-state index is -1.99. The van der Waals surface area contributed by atoms with E-state index in [1.54, 1.807) is 4.90 Å². The molecule has 0 fully saturated rings. The van der Waals surface area contributed by atoms with Crippen LogP contribution in [0, 0.1) is 0 Å². The largest absolute Gasteiger partial charge is 0.408 e. The first-order valence-corrected chi connectivity index (χ1v) is 11.7. The van der Waals surface area contributed by atoms with Gasteiger partial charge in [-0.2, -0.15) is 0 Å². The van der Waals surface area contributed by atoms with Crippen molar-refractivity contribution in [3.8, 4) is 0 Å². The molecule has 0 heterocycles. The second-order valence-corrected chi connectivity index (χ2v) is 12.7. The van der Waals surface area contributed by atoms with Crippen molar-refractivity contribution in [2.75, 3.05) is 7.05 Å². The van der Waals surface area contributed by atoms with Crippen LogP contribution in [0.2, 0.25) is 18.1 Å². The van der Waals surface area contributed by atoms with Gasteiger partial charge in [-0.1, -0.05) is 63.8 Å². The molecule has 138 valence electrons. The minimum absolute atomic E-state index is 0.0899. The average molecular weight is 360 g/mol. The molecule has 4 heteroatoms. The molecular formula is C21H33NO2Si. The Labute approximate surface area is 154 Å². The van der Waals surface area contributed by atoms with E-state index in [2.05, 4.69) is 59.2 Å². The maximum atomic E-state index is 12.3. The Morgan fingerprint density at radius 3 is 2.24 bits per heavy atom. The lowest BCUT2D eigenvalue weighted by Gasteiger charge is -2.42. The maximum absolute atomic E-state index is 12.3. The summed E-state index contributed by atoms with van der Waals surface area (Å²) >= 11 is 0. The summed E-state index contributed by atoms with van der Waals surface area (Å²) in [6.07, 6.45) is 3.67. The highest BCUT2D eigenvalue weighted by Crippen LogP contribution is 2.38. The van der Waals surface area contributed by atoms with Crippen molar-refractivity contribution in [3.05, 3.63) is 61.2 Å². The van der Waals surface area contributed by atoms with Crippen LogP contribution >= 0.6 is 0 Å². The van der Waals surface area contributed by atoms with Crippen molar-refractivity contribution in [2.45, 2.75) is 57.5 Å². The monoisotopic (exact) mass is 359 g/mol. The van der Waals surface area contributed by atoms with Crippen LogP contribution in [-0.2, 0) is 15.6 Å². The van der Waals surface area contributed by atoms with E-state index >= 15 is 0 Å². The first kappa shape index (κ1) is 21.4. The number of carbonyl (C=O) groups is 1. The van der Waals surface area contributed by atoms with Gasteiger partial charge in [-0.3, -0.25) is 4.79 Å². The van der Waals surface area contributed by atoms with Crippen molar-refractivity contribution in [1.29, 1.82) is 0 Å². The standard InChI is InChI=1S/C21H33NO2Si/c1-9-19(24-25(7,8)21(3,4)5)18(22(6)20(23)10-2)16-17-14-12-11-13-15-17/h9-15,18-19H,1-2,16H2,3-8H3/t18-,19+/m0/s1. The zero-order chi connectivity index (χ0) is 19.3. The predicted molar refractivity (Wildman–Crippen MR) is 109 cm³/mol.